The predicted octanol–water partition coefficient (Wildman–Crippen LogP) is 3.39. The molecule has 2 aliphatic rings. The van der Waals surface area contributed by atoms with Crippen molar-refractivity contribution in [1.29, 1.82) is 0 Å². The van der Waals surface area contributed by atoms with Gasteiger partial charge in [-0.15, -0.1) is 0 Å². The van der Waals surface area contributed by atoms with Crippen LogP contribution in [-0.2, 0) is 22.4 Å². The van der Waals surface area contributed by atoms with Gasteiger partial charge >= 0.3 is 5.97 Å². The maximum Gasteiger partial charge on any atom is 0.306 e. The highest BCUT2D eigenvalue weighted by molar-refractivity contribution is 5.94. The van der Waals surface area contributed by atoms with Gasteiger partial charge in [0, 0.05) is 11.6 Å². The van der Waals surface area contributed by atoms with Crippen LogP contribution in [0.25, 0.3) is 0 Å². The summed E-state index contributed by atoms with van der Waals surface area (Å²) in [5.74, 6) is -1.32. The minimum Gasteiger partial charge on any atom is -0.481 e. The number of carboxylic acids is 1. The third-order valence-electron chi connectivity index (χ3n) is 5.05. The number of rotatable bonds is 3. The SMILES string of the molecule is O=C(O)C1CCCC(C(=O)Nc2cccc3c2CCCC3)C1. The van der Waals surface area contributed by atoms with Crippen molar-refractivity contribution in [3.63, 3.8) is 0 Å². The smallest absolute Gasteiger partial charge is 0.306 e. The van der Waals surface area contributed by atoms with Crippen LogP contribution in [0.4, 0.5) is 5.69 Å². The zero-order chi connectivity index (χ0) is 15.5. The molecule has 1 fully saturated rings. The van der Waals surface area contributed by atoms with Crippen molar-refractivity contribution < 1.29 is 14.7 Å². The maximum absolute atomic E-state index is 12.5. The van der Waals surface area contributed by atoms with E-state index in [2.05, 4.69) is 11.4 Å². The quantitative estimate of drug-likeness (QED) is 0.899. The predicted molar refractivity (Wildman–Crippen MR) is 84.8 cm³/mol. The Kier molecular flexibility index (Phi) is 4.46. The second-order valence-corrected chi connectivity index (χ2v) is 6.54. The van der Waals surface area contributed by atoms with Gasteiger partial charge in [0.15, 0.2) is 0 Å². The number of carbonyl (C=O) groups is 2. The molecule has 0 saturated heterocycles. The van der Waals surface area contributed by atoms with Crippen molar-refractivity contribution in [2.75, 3.05) is 5.32 Å². The Bertz CT molecular complexity index is 582. The summed E-state index contributed by atoms with van der Waals surface area (Å²) in [6.45, 7) is 0. The second kappa shape index (κ2) is 6.51. The van der Waals surface area contributed by atoms with Gasteiger partial charge in [-0.05, 0) is 62.1 Å². The number of aryl methyl sites for hydroxylation is 1. The number of carbonyl (C=O) groups excluding carboxylic acids is 1. The van der Waals surface area contributed by atoms with Gasteiger partial charge in [0.05, 0.1) is 5.92 Å². The van der Waals surface area contributed by atoms with E-state index >= 15 is 0 Å². The molecule has 1 aromatic rings. The molecule has 0 radical (unpaired) electrons. The summed E-state index contributed by atoms with van der Waals surface area (Å²) >= 11 is 0. The fourth-order valence-corrected chi connectivity index (χ4v) is 3.79. The number of fused-ring (bicyclic) bond motifs is 1. The Morgan fingerprint density at radius 1 is 1.05 bits per heavy atom. The van der Waals surface area contributed by atoms with Crippen molar-refractivity contribution >= 4 is 17.6 Å². The first kappa shape index (κ1) is 15.1. The highest BCUT2D eigenvalue weighted by Crippen LogP contribution is 2.32. The zero-order valence-electron chi connectivity index (χ0n) is 12.8. The van der Waals surface area contributed by atoms with Crippen molar-refractivity contribution in [2.24, 2.45) is 11.8 Å². The molecule has 0 bridgehead atoms. The maximum atomic E-state index is 12.5. The molecule has 0 aromatic heterocycles. The molecule has 0 spiro atoms. The van der Waals surface area contributed by atoms with E-state index in [-0.39, 0.29) is 17.7 Å². The summed E-state index contributed by atoms with van der Waals surface area (Å²) < 4.78 is 0. The average molecular weight is 301 g/mol. The number of benzene rings is 1. The molecule has 2 N–H and O–H groups in total. The first-order chi connectivity index (χ1) is 10.6. The second-order valence-electron chi connectivity index (χ2n) is 6.54. The Hall–Kier alpha value is -1.84. The van der Waals surface area contributed by atoms with Crippen LogP contribution in [0.15, 0.2) is 18.2 Å². The van der Waals surface area contributed by atoms with Gasteiger partial charge < -0.3 is 10.4 Å². The highest BCUT2D eigenvalue weighted by Gasteiger charge is 2.31. The Labute approximate surface area is 130 Å². The van der Waals surface area contributed by atoms with E-state index in [1.165, 1.54) is 24.0 Å². The first-order valence-corrected chi connectivity index (χ1v) is 8.29. The zero-order valence-corrected chi connectivity index (χ0v) is 12.8. The van der Waals surface area contributed by atoms with Gasteiger partial charge in [-0.2, -0.15) is 0 Å². The molecule has 22 heavy (non-hydrogen) atoms. The molecule has 2 aliphatic carbocycles. The number of carboxylic acid groups (broad SMARTS) is 1. The molecule has 0 aliphatic heterocycles. The van der Waals surface area contributed by atoms with Crippen molar-refractivity contribution in [3.8, 4) is 0 Å². The fourth-order valence-electron chi connectivity index (χ4n) is 3.79. The van der Waals surface area contributed by atoms with Crippen LogP contribution in [0.3, 0.4) is 0 Å². The van der Waals surface area contributed by atoms with Crippen LogP contribution in [0.1, 0.15) is 49.7 Å². The molecule has 0 heterocycles. The topological polar surface area (TPSA) is 66.4 Å². The molecule has 118 valence electrons. The third kappa shape index (κ3) is 3.16. The van der Waals surface area contributed by atoms with E-state index in [9.17, 15) is 9.59 Å². The summed E-state index contributed by atoms with van der Waals surface area (Å²) in [5.41, 5.74) is 3.54. The van der Waals surface area contributed by atoms with Crippen LogP contribution in [0.5, 0.6) is 0 Å². The molecular formula is C18H23NO3. The summed E-state index contributed by atoms with van der Waals surface area (Å²) in [4.78, 5) is 23.7. The summed E-state index contributed by atoms with van der Waals surface area (Å²) in [6.07, 6.45) is 7.28. The van der Waals surface area contributed by atoms with Crippen LogP contribution in [0, 0.1) is 11.8 Å². The largest absolute Gasteiger partial charge is 0.481 e. The monoisotopic (exact) mass is 301 g/mol. The van der Waals surface area contributed by atoms with Crippen LogP contribution < -0.4 is 5.32 Å². The van der Waals surface area contributed by atoms with Gasteiger partial charge in [0.2, 0.25) is 5.91 Å². The molecule has 1 aromatic carbocycles. The Morgan fingerprint density at radius 2 is 1.82 bits per heavy atom. The minimum atomic E-state index is -0.769. The van der Waals surface area contributed by atoms with Crippen LogP contribution in [0.2, 0.25) is 0 Å². The summed E-state index contributed by atoms with van der Waals surface area (Å²) in [6, 6.07) is 6.12. The highest BCUT2D eigenvalue weighted by atomic mass is 16.4. The Morgan fingerprint density at radius 3 is 2.64 bits per heavy atom. The van der Waals surface area contributed by atoms with Crippen molar-refractivity contribution in [3.05, 3.63) is 29.3 Å². The lowest BCUT2D eigenvalue weighted by molar-refractivity contribution is -0.143. The van der Waals surface area contributed by atoms with E-state index in [1.54, 1.807) is 0 Å². The van der Waals surface area contributed by atoms with Gasteiger partial charge in [-0.1, -0.05) is 18.6 Å². The molecule has 2 unspecified atom stereocenters. The molecular weight excluding hydrogens is 278 g/mol. The normalized spacial score (nSPS) is 24.4. The number of amides is 1. The van der Waals surface area contributed by atoms with Crippen molar-refractivity contribution in [2.45, 2.75) is 51.4 Å². The van der Waals surface area contributed by atoms with Gasteiger partial charge in [0.1, 0.15) is 0 Å². The molecule has 4 nitrogen and oxygen atoms in total. The summed E-state index contributed by atoms with van der Waals surface area (Å²) in [7, 11) is 0. The van der Waals surface area contributed by atoms with Crippen LogP contribution >= 0.6 is 0 Å². The molecule has 3 rings (SSSR count). The Balaban J connectivity index is 1.70. The van der Waals surface area contributed by atoms with Gasteiger partial charge in [0.25, 0.3) is 0 Å². The third-order valence-corrected chi connectivity index (χ3v) is 5.05. The van der Waals surface area contributed by atoms with E-state index < -0.39 is 5.97 Å². The number of hydrogen-bond acceptors (Lipinski definition) is 2. The lowest BCUT2D eigenvalue weighted by atomic mass is 9.81. The number of anilines is 1. The fraction of sp³-hybridized carbons (Fsp3) is 0.556. The average Bonchev–Trinajstić information content (AvgIpc) is 2.55. The van der Waals surface area contributed by atoms with E-state index in [4.69, 9.17) is 5.11 Å². The van der Waals surface area contributed by atoms with Crippen molar-refractivity contribution in [1.82, 2.24) is 0 Å². The molecule has 1 amide bonds. The van der Waals surface area contributed by atoms with Gasteiger partial charge in [-0.3, -0.25) is 9.59 Å². The molecule has 4 heteroatoms. The lowest BCUT2D eigenvalue weighted by Crippen LogP contribution is -2.31. The number of hydrogen-bond donors (Lipinski definition) is 2. The van der Waals surface area contributed by atoms with E-state index in [0.717, 1.165) is 31.4 Å². The molecule has 1 saturated carbocycles. The minimum absolute atomic E-state index is 0.00933. The standard InChI is InChI=1S/C18H23NO3/c20-17(13-7-3-8-14(11-13)18(21)22)19-16-10-4-6-12-5-1-2-9-15(12)16/h4,6,10,13-14H,1-3,5,7-9,11H2,(H,19,20)(H,21,22). The number of nitrogens with one attached hydrogen (secondary N) is 1. The van der Waals surface area contributed by atoms with Crippen LogP contribution in [-0.4, -0.2) is 17.0 Å². The van der Waals surface area contributed by atoms with E-state index in [0.29, 0.717) is 12.8 Å². The molecule has 2 atom stereocenters. The van der Waals surface area contributed by atoms with E-state index in [1.807, 2.05) is 12.1 Å². The first-order valence-electron chi connectivity index (χ1n) is 8.29. The lowest BCUT2D eigenvalue weighted by Gasteiger charge is -2.27. The van der Waals surface area contributed by atoms with Gasteiger partial charge in [-0.25, -0.2) is 0 Å². The number of aliphatic carboxylic acids is 1. The summed E-state index contributed by atoms with van der Waals surface area (Å²) in [5, 5.41) is 12.2.